The standard InChI is InChI=1S/C24H29FN4O2.C4H6O5/c1-4-28(5-2)11-12-29-10-6-7-20-22(24(29)31)15(3)21(26-20)14-18-17-13-16(25)8-9-19(17)27-23(18)30;5-2(4(8)9)1-3(6)7/h8-9,13-14,26H,4-7,10-12H2,1-3H3,(H,27,30);2,5H,1H2,(H,6,7)(H,8,9)/b18-14-;/t;2-/m.0/s1. The molecule has 12 heteroatoms. The highest BCUT2D eigenvalue weighted by atomic mass is 19.1. The zero-order valence-electron chi connectivity index (χ0n) is 22.8. The number of carboxylic acids is 2. The highest BCUT2D eigenvalue weighted by molar-refractivity contribution is 6.34. The number of halogens is 1. The highest BCUT2D eigenvalue weighted by Gasteiger charge is 2.29. The second-order valence-electron chi connectivity index (χ2n) is 9.59. The van der Waals surface area contributed by atoms with Crippen LogP contribution >= 0.6 is 0 Å². The number of amides is 2. The fourth-order valence-corrected chi connectivity index (χ4v) is 4.72. The molecule has 1 aromatic heterocycles. The van der Waals surface area contributed by atoms with Crippen molar-refractivity contribution in [3.63, 3.8) is 0 Å². The van der Waals surface area contributed by atoms with Crippen LogP contribution in [-0.2, 0) is 20.8 Å². The van der Waals surface area contributed by atoms with Crippen molar-refractivity contribution in [3.8, 4) is 0 Å². The Morgan fingerprint density at radius 2 is 1.90 bits per heavy atom. The van der Waals surface area contributed by atoms with Crippen LogP contribution in [0.5, 0.6) is 0 Å². The van der Waals surface area contributed by atoms with Crippen molar-refractivity contribution in [1.82, 2.24) is 14.8 Å². The Morgan fingerprint density at radius 1 is 1.20 bits per heavy atom. The summed E-state index contributed by atoms with van der Waals surface area (Å²) < 4.78 is 13.8. The average Bonchev–Trinajstić information content (AvgIpc) is 3.31. The van der Waals surface area contributed by atoms with Crippen LogP contribution in [-0.4, -0.2) is 92.7 Å². The summed E-state index contributed by atoms with van der Waals surface area (Å²) in [6.07, 6.45) is 0.863. The Labute approximate surface area is 231 Å². The van der Waals surface area contributed by atoms with Gasteiger partial charge in [-0.15, -0.1) is 0 Å². The summed E-state index contributed by atoms with van der Waals surface area (Å²) in [6.45, 7) is 10.4. The number of rotatable bonds is 9. The molecule has 0 fully saturated rings. The van der Waals surface area contributed by atoms with Crippen molar-refractivity contribution in [2.45, 2.75) is 46.1 Å². The molecule has 0 saturated carbocycles. The van der Waals surface area contributed by atoms with Crippen molar-refractivity contribution < 1.29 is 38.9 Å². The molecule has 11 nitrogen and oxygen atoms in total. The number of nitrogens with zero attached hydrogens (tertiary/aromatic N) is 2. The second kappa shape index (κ2) is 13.4. The van der Waals surface area contributed by atoms with Gasteiger partial charge in [0.1, 0.15) is 5.82 Å². The fraction of sp³-hybridized carbons (Fsp3) is 0.429. The average molecular weight is 559 g/mol. The zero-order chi connectivity index (χ0) is 29.6. The molecule has 1 atom stereocenters. The van der Waals surface area contributed by atoms with Gasteiger partial charge in [0, 0.05) is 42.3 Å². The third kappa shape index (κ3) is 7.13. The number of aliphatic carboxylic acids is 2. The van der Waals surface area contributed by atoms with E-state index >= 15 is 0 Å². The van der Waals surface area contributed by atoms with Crippen molar-refractivity contribution >= 4 is 41.1 Å². The molecule has 0 saturated heterocycles. The molecule has 0 radical (unpaired) electrons. The van der Waals surface area contributed by atoms with Crippen LogP contribution in [0.25, 0.3) is 11.6 Å². The minimum absolute atomic E-state index is 0.0420. The number of carboxylic acid groups (broad SMARTS) is 2. The number of aromatic nitrogens is 1. The van der Waals surface area contributed by atoms with E-state index in [0.717, 1.165) is 56.0 Å². The maximum absolute atomic E-state index is 13.8. The van der Waals surface area contributed by atoms with Crippen LogP contribution in [0.1, 0.15) is 59.6 Å². The van der Waals surface area contributed by atoms with Gasteiger partial charge in [-0.1, -0.05) is 13.8 Å². The number of fused-ring (bicyclic) bond motifs is 2. The first-order valence-corrected chi connectivity index (χ1v) is 13.1. The van der Waals surface area contributed by atoms with Gasteiger partial charge in [0.2, 0.25) is 0 Å². The van der Waals surface area contributed by atoms with Gasteiger partial charge >= 0.3 is 11.9 Å². The molecule has 3 heterocycles. The topological polar surface area (TPSA) is 163 Å². The number of aryl methyl sites for hydroxylation is 1. The third-order valence-electron chi connectivity index (χ3n) is 7.01. The lowest BCUT2D eigenvalue weighted by Gasteiger charge is -2.25. The van der Waals surface area contributed by atoms with Crippen molar-refractivity contribution in [2.24, 2.45) is 0 Å². The smallest absolute Gasteiger partial charge is 0.333 e. The van der Waals surface area contributed by atoms with Crippen LogP contribution in [0.15, 0.2) is 18.2 Å². The summed E-state index contributed by atoms with van der Waals surface area (Å²) in [5, 5.41) is 26.9. The number of nitrogens with one attached hydrogen (secondary N) is 2. The number of aromatic amines is 1. The molecule has 2 aliphatic heterocycles. The van der Waals surface area contributed by atoms with Crippen molar-refractivity contribution in [1.29, 1.82) is 0 Å². The van der Waals surface area contributed by atoms with E-state index in [4.69, 9.17) is 15.3 Å². The lowest BCUT2D eigenvalue weighted by atomic mass is 10.0. The minimum Gasteiger partial charge on any atom is -0.481 e. The number of hydrogen-bond acceptors (Lipinski definition) is 6. The molecule has 40 heavy (non-hydrogen) atoms. The SMILES string of the molecule is CCN(CC)CCN1CCCc2[nH]c(/C=C3\C(=O)Nc4ccc(F)cc43)c(C)c2C1=O.O=C(O)C[C@H](O)C(=O)O. The summed E-state index contributed by atoms with van der Waals surface area (Å²) in [5.41, 5.74) is 4.73. The highest BCUT2D eigenvalue weighted by Crippen LogP contribution is 2.35. The number of carbonyl (C=O) groups is 4. The number of carbonyl (C=O) groups excluding carboxylic acids is 2. The molecular weight excluding hydrogens is 523 g/mol. The van der Waals surface area contributed by atoms with Crippen molar-refractivity contribution in [2.75, 3.05) is 38.0 Å². The van der Waals surface area contributed by atoms with E-state index in [2.05, 4.69) is 29.0 Å². The van der Waals surface area contributed by atoms with E-state index in [0.29, 0.717) is 28.9 Å². The number of aliphatic hydroxyl groups excluding tert-OH is 1. The molecule has 4 rings (SSSR count). The molecule has 2 amide bonds. The molecule has 2 aromatic rings. The molecule has 0 aliphatic carbocycles. The van der Waals surface area contributed by atoms with Gasteiger partial charge in [0.25, 0.3) is 11.8 Å². The summed E-state index contributed by atoms with van der Waals surface area (Å²) in [4.78, 5) is 52.9. The molecule has 1 aromatic carbocycles. The first-order valence-electron chi connectivity index (χ1n) is 13.1. The van der Waals surface area contributed by atoms with E-state index in [1.807, 2.05) is 11.8 Å². The van der Waals surface area contributed by atoms with Gasteiger partial charge in [-0.2, -0.15) is 0 Å². The van der Waals surface area contributed by atoms with E-state index in [1.54, 1.807) is 12.1 Å². The van der Waals surface area contributed by atoms with E-state index in [-0.39, 0.29) is 17.6 Å². The predicted octanol–water partition coefficient (Wildman–Crippen LogP) is 2.59. The molecule has 216 valence electrons. The Kier molecular flexibility index (Phi) is 10.2. The van der Waals surface area contributed by atoms with Gasteiger partial charge in [-0.25, -0.2) is 9.18 Å². The summed E-state index contributed by atoms with van der Waals surface area (Å²) in [5.74, 6) is -3.46. The summed E-state index contributed by atoms with van der Waals surface area (Å²) in [7, 11) is 0. The van der Waals surface area contributed by atoms with Crippen LogP contribution < -0.4 is 5.32 Å². The van der Waals surface area contributed by atoms with Crippen molar-refractivity contribution in [3.05, 3.63) is 52.1 Å². The van der Waals surface area contributed by atoms with Gasteiger partial charge in [-0.3, -0.25) is 14.4 Å². The van der Waals surface area contributed by atoms with E-state index in [9.17, 15) is 23.6 Å². The minimum atomic E-state index is -1.79. The largest absolute Gasteiger partial charge is 0.481 e. The molecule has 2 aliphatic rings. The van der Waals surface area contributed by atoms with Crippen LogP contribution in [0.2, 0.25) is 0 Å². The number of hydrogen-bond donors (Lipinski definition) is 5. The predicted molar refractivity (Wildman–Crippen MR) is 146 cm³/mol. The normalized spacial score (nSPS) is 16.1. The van der Waals surface area contributed by atoms with Gasteiger partial charge in [0.15, 0.2) is 6.10 Å². The molecule has 0 unspecified atom stereocenters. The van der Waals surface area contributed by atoms with Gasteiger partial charge in [-0.05, 0) is 62.7 Å². The molecule has 5 N–H and O–H groups in total. The molecule has 0 spiro atoms. The third-order valence-corrected chi connectivity index (χ3v) is 7.01. The summed E-state index contributed by atoms with van der Waals surface area (Å²) >= 11 is 0. The van der Waals surface area contributed by atoms with Gasteiger partial charge in [0.05, 0.1) is 17.6 Å². The number of benzene rings is 1. The monoisotopic (exact) mass is 558 g/mol. The first-order chi connectivity index (χ1) is 19.0. The maximum Gasteiger partial charge on any atom is 0.333 e. The Bertz CT molecular complexity index is 1320. The van der Waals surface area contributed by atoms with E-state index in [1.165, 1.54) is 12.1 Å². The Hall–Kier alpha value is -4.03. The Morgan fingerprint density at radius 3 is 2.50 bits per heavy atom. The van der Waals surface area contributed by atoms with Crippen LogP contribution in [0.3, 0.4) is 0 Å². The first kappa shape index (κ1) is 30.5. The van der Waals surface area contributed by atoms with E-state index < -0.39 is 24.5 Å². The molecular formula is C28H35FN4O7. The van der Waals surface area contributed by atoms with Gasteiger partial charge < -0.3 is 35.4 Å². The lowest BCUT2D eigenvalue weighted by Crippen LogP contribution is -2.38. The number of anilines is 1. The lowest BCUT2D eigenvalue weighted by molar-refractivity contribution is -0.152. The zero-order valence-corrected chi connectivity index (χ0v) is 22.8. The maximum atomic E-state index is 13.8. The van der Waals surface area contributed by atoms with Crippen LogP contribution in [0, 0.1) is 12.7 Å². The summed E-state index contributed by atoms with van der Waals surface area (Å²) in [6, 6.07) is 4.26. The quantitative estimate of drug-likeness (QED) is 0.293. The molecule has 0 bridgehead atoms. The Balaban J connectivity index is 0.000000424. The number of likely N-dealkylation sites (N-methyl/N-ethyl adjacent to an activating group) is 1. The fourth-order valence-electron chi connectivity index (χ4n) is 4.72. The second-order valence-corrected chi connectivity index (χ2v) is 9.59. The van der Waals surface area contributed by atoms with Crippen LogP contribution in [0.4, 0.5) is 10.1 Å². The number of H-pyrrole nitrogens is 1. The number of aliphatic hydroxyl groups is 1.